The molecule has 0 atom stereocenters. The van der Waals surface area contributed by atoms with Gasteiger partial charge in [0.15, 0.2) is 5.78 Å². The minimum absolute atomic E-state index is 0.00750. The number of nitro benzene ring substituents is 1. The van der Waals surface area contributed by atoms with Crippen LogP contribution in [0.3, 0.4) is 0 Å². The van der Waals surface area contributed by atoms with Crippen molar-refractivity contribution >= 4 is 45.0 Å². The van der Waals surface area contributed by atoms with E-state index < -0.39 is 22.5 Å². The third kappa shape index (κ3) is 5.21. The molecule has 0 aliphatic rings. The lowest BCUT2D eigenvalue weighted by molar-refractivity contribution is -0.385. The second kappa shape index (κ2) is 10.9. The van der Waals surface area contributed by atoms with Gasteiger partial charge in [-0.3, -0.25) is 14.9 Å². The van der Waals surface area contributed by atoms with Crippen molar-refractivity contribution in [3.05, 3.63) is 134 Å². The quantitative estimate of drug-likeness (QED) is 0.147. The summed E-state index contributed by atoms with van der Waals surface area (Å²) in [6, 6.07) is 28.7. The lowest BCUT2D eigenvalue weighted by atomic mass is 9.94. The molecule has 0 amide bonds. The first-order chi connectivity index (χ1) is 18.6. The molecule has 0 spiro atoms. The average molecular weight is 522 g/mol. The number of fused-ring (bicyclic) bond motifs is 2. The van der Waals surface area contributed by atoms with Crippen molar-refractivity contribution in [3.8, 4) is 0 Å². The van der Waals surface area contributed by atoms with Crippen LogP contribution >= 0.6 is 0 Å². The summed E-state index contributed by atoms with van der Waals surface area (Å²) in [5, 5.41) is 32.7. The molecule has 0 radical (unpaired) electrons. The van der Waals surface area contributed by atoms with Crippen molar-refractivity contribution in [2.45, 2.75) is 13.8 Å². The van der Waals surface area contributed by atoms with E-state index >= 15 is 0 Å². The Kier molecular flexibility index (Phi) is 7.48. The zero-order valence-electron chi connectivity index (χ0n) is 21.0. The monoisotopic (exact) mass is 521 g/mol. The second-order valence-corrected chi connectivity index (χ2v) is 8.82. The van der Waals surface area contributed by atoms with Crippen molar-refractivity contribution in [2.24, 2.45) is 0 Å². The normalized spacial score (nSPS) is 10.5. The topological polar surface area (TPSA) is 135 Å². The van der Waals surface area contributed by atoms with E-state index in [9.17, 15) is 24.5 Å². The number of ketones is 1. The van der Waals surface area contributed by atoms with E-state index in [-0.39, 0.29) is 28.0 Å². The fraction of sp³-hybridized carbons (Fsp3) is 0.0645. The van der Waals surface area contributed by atoms with Gasteiger partial charge in [-0.1, -0.05) is 84.9 Å². The number of benzene rings is 5. The molecule has 39 heavy (non-hydrogen) atoms. The van der Waals surface area contributed by atoms with Crippen LogP contribution in [0.4, 0.5) is 5.69 Å². The highest BCUT2D eigenvalue weighted by atomic mass is 16.6. The molecule has 0 saturated carbocycles. The summed E-state index contributed by atoms with van der Waals surface area (Å²) >= 11 is 0. The molecule has 0 unspecified atom stereocenters. The van der Waals surface area contributed by atoms with Crippen LogP contribution in [0.25, 0.3) is 21.5 Å². The summed E-state index contributed by atoms with van der Waals surface area (Å²) in [6.45, 7) is 2.59. The summed E-state index contributed by atoms with van der Waals surface area (Å²) in [6.07, 6.45) is 0. The van der Waals surface area contributed by atoms with Gasteiger partial charge in [-0.2, -0.15) is 0 Å². The highest BCUT2D eigenvalue weighted by molar-refractivity contribution is 6.21. The van der Waals surface area contributed by atoms with Crippen molar-refractivity contribution in [1.82, 2.24) is 0 Å². The van der Waals surface area contributed by atoms with Crippen LogP contribution < -0.4 is 0 Å². The number of rotatable bonds is 5. The van der Waals surface area contributed by atoms with Crippen LogP contribution in [-0.2, 0) is 0 Å². The van der Waals surface area contributed by atoms with E-state index in [1.165, 1.54) is 13.8 Å². The van der Waals surface area contributed by atoms with Crippen LogP contribution in [0.5, 0.6) is 0 Å². The maximum Gasteiger partial charge on any atom is 0.336 e. The smallest absolute Gasteiger partial charge is 0.336 e. The van der Waals surface area contributed by atoms with Gasteiger partial charge in [0.1, 0.15) is 0 Å². The Morgan fingerprint density at radius 1 is 0.641 bits per heavy atom. The maximum atomic E-state index is 13.1. The predicted octanol–water partition coefficient (Wildman–Crippen LogP) is 6.83. The van der Waals surface area contributed by atoms with Gasteiger partial charge in [0.25, 0.3) is 5.69 Å². The van der Waals surface area contributed by atoms with Gasteiger partial charge in [-0.15, -0.1) is 0 Å². The van der Waals surface area contributed by atoms with Gasteiger partial charge in [0.2, 0.25) is 0 Å². The van der Waals surface area contributed by atoms with Crippen molar-refractivity contribution in [3.63, 3.8) is 0 Å². The third-order valence-electron chi connectivity index (χ3n) is 6.53. The molecule has 0 fully saturated rings. The Morgan fingerprint density at radius 2 is 1.10 bits per heavy atom. The summed E-state index contributed by atoms with van der Waals surface area (Å²) in [5.74, 6) is -2.70. The second-order valence-electron chi connectivity index (χ2n) is 8.82. The number of nitro groups is 1. The van der Waals surface area contributed by atoms with Gasteiger partial charge in [-0.25, -0.2) is 9.59 Å². The van der Waals surface area contributed by atoms with E-state index in [1.807, 2.05) is 84.9 Å². The lowest BCUT2D eigenvalue weighted by Crippen LogP contribution is -2.11. The molecule has 0 bridgehead atoms. The number of carboxylic acid groups (broad SMARTS) is 2. The molecule has 5 aromatic rings. The van der Waals surface area contributed by atoms with E-state index in [1.54, 1.807) is 0 Å². The molecule has 8 heteroatoms. The number of carbonyl (C=O) groups is 3. The molecule has 0 aromatic heterocycles. The fourth-order valence-electron chi connectivity index (χ4n) is 4.62. The Labute approximate surface area is 222 Å². The molecule has 194 valence electrons. The summed E-state index contributed by atoms with van der Waals surface area (Å²) in [4.78, 5) is 44.8. The van der Waals surface area contributed by atoms with E-state index in [0.29, 0.717) is 0 Å². The average Bonchev–Trinajstić information content (AvgIpc) is 2.92. The van der Waals surface area contributed by atoms with Crippen LogP contribution in [0.2, 0.25) is 0 Å². The van der Waals surface area contributed by atoms with Gasteiger partial charge in [0, 0.05) is 22.8 Å². The van der Waals surface area contributed by atoms with Crippen molar-refractivity contribution in [2.75, 3.05) is 0 Å². The van der Waals surface area contributed by atoms with Gasteiger partial charge in [0.05, 0.1) is 16.1 Å². The third-order valence-corrected chi connectivity index (χ3v) is 6.53. The molecule has 8 nitrogen and oxygen atoms in total. The zero-order valence-corrected chi connectivity index (χ0v) is 21.0. The van der Waals surface area contributed by atoms with E-state index in [2.05, 4.69) is 0 Å². The summed E-state index contributed by atoms with van der Waals surface area (Å²) in [7, 11) is 0. The van der Waals surface area contributed by atoms with Crippen LogP contribution in [0, 0.1) is 24.0 Å². The number of hydrogen-bond donors (Lipinski definition) is 2. The van der Waals surface area contributed by atoms with Crippen LogP contribution in [0.15, 0.2) is 91.0 Å². The lowest BCUT2D eigenvalue weighted by Gasteiger charge is -2.09. The van der Waals surface area contributed by atoms with Gasteiger partial charge in [-0.05, 0) is 41.0 Å². The number of carbonyl (C=O) groups excluding carboxylic acids is 1. The van der Waals surface area contributed by atoms with E-state index in [4.69, 9.17) is 10.2 Å². The molecule has 0 aliphatic heterocycles. The predicted molar refractivity (Wildman–Crippen MR) is 148 cm³/mol. The SMILES string of the molecule is Cc1c(C(=O)O)cc([N+](=O)[O-])c(C)c1C(=O)O.O=C(c1cccc2ccccc12)c1cccc2ccccc12. The standard InChI is InChI=1S/C21H14O.C10H9NO6/c22-21(19-13-5-9-15-7-1-3-11-17(15)19)20-14-6-10-16-8-2-4-12-18(16)20;1-4-6(9(12)13)3-7(11(16)17)5(2)8(4)10(14)15/h1-14H;3H,1-2H3,(H,12,13)(H,14,15). The number of carboxylic acids is 2. The van der Waals surface area contributed by atoms with Crippen molar-refractivity contribution < 1.29 is 29.5 Å². The first kappa shape index (κ1) is 26.7. The Bertz CT molecular complexity index is 1660. The maximum absolute atomic E-state index is 13.1. The van der Waals surface area contributed by atoms with Crippen LogP contribution in [0.1, 0.15) is 47.8 Å². The number of hydrogen-bond acceptors (Lipinski definition) is 5. The Morgan fingerprint density at radius 3 is 1.54 bits per heavy atom. The molecule has 5 aromatic carbocycles. The molecule has 5 rings (SSSR count). The summed E-state index contributed by atoms with van der Waals surface area (Å²) < 4.78 is 0. The molecular weight excluding hydrogens is 498 g/mol. The highest BCUT2D eigenvalue weighted by Crippen LogP contribution is 2.28. The van der Waals surface area contributed by atoms with E-state index in [0.717, 1.165) is 38.7 Å². The number of aromatic carboxylic acids is 2. The first-order valence-corrected chi connectivity index (χ1v) is 11.9. The number of nitrogens with zero attached hydrogens (tertiary/aromatic N) is 1. The van der Waals surface area contributed by atoms with Crippen molar-refractivity contribution in [1.29, 1.82) is 0 Å². The molecular formula is C31H23NO7. The molecule has 0 saturated heterocycles. The molecule has 2 N–H and O–H groups in total. The first-order valence-electron chi connectivity index (χ1n) is 11.9. The minimum atomic E-state index is -1.40. The Balaban J connectivity index is 0.000000188. The fourth-order valence-corrected chi connectivity index (χ4v) is 4.62. The zero-order chi connectivity index (χ0) is 28.3. The molecule has 0 aliphatic carbocycles. The minimum Gasteiger partial charge on any atom is -0.478 e. The largest absolute Gasteiger partial charge is 0.478 e. The van der Waals surface area contributed by atoms with Crippen LogP contribution in [-0.4, -0.2) is 32.9 Å². The molecule has 0 heterocycles. The van der Waals surface area contributed by atoms with Gasteiger partial charge >= 0.3 is 11.9 Å². The highest BCUT2D eigenvalue weighted by Gasteiger charge is 2.26. The summed E-state index contributed by atoms with van der Waals surface area (Å²) in [5.41, 5.74) is 0.253. The Hall–Kier alpha value is -5.37. The van der Waals surface area contributed by atoms with Gasteiger partial charge < -0.3 is 10.2 Å².